The number of unbranched alkanes of at least 4 members (excludes halogenated alkanes) is 1. The number of nitrogens with zero attached hydrogens (tertiary/aromatic N) is 1. The van der Waals surface area contributed by atoms with Crippen LogP contribution in [0.1, 0.15) is 19.8 Å². The van der Waals surface area contributed by atoms with Gasteiger partial charge in [-0.3, -0.25) is 4.90 Å². The number of nitrogens with two attached hydrogens (primary N) is 1. The molecule has 1 aliphatic heterocycles. The van der Waals surface area contributed by atoms with E-state index in [-0.39, 0.29) is 6.10 Å². The maximum atomic E-state index is 9.82. The summed E-state index contributed by atoms with van der Waals surface area (Å²) >= 11 is 0. The van der Waals surface area contributed by atoms with Crippen LogP contribution in [0.25, 0.3) is 0 Å². The van der Waals surface area contributed by atoms with E-state index >= 15 is 0 Å². The summed E-state index contributed by atoms with van der Waals surface area (Å²) in [6.45, 7) is 6.84. The fraction of sp³-hybridized carbons (Fsp3) is 1.00. The van der Waals surface area contributed by atoms with Crippen molar-refractivity contribution < 1.29 is 14.6 Å². The van der Waals surface area contributed by atoms with E-state index in [0.29, 0.717) is 26.3 Å². The lowest BCUT2D eigenvalue weighted by atomic mass is 10.2. The van der Waals surface area contributed by atoms with Gasteiger partial charge in [0.1, 0.15) is 0 Å². The van der Waals surface area contributed by atoms with Crippen LogP contribution in [0.5, 0.6) is 0 Å². The molecule has 17 heavy (non-hydrogen) atoms. The lowest BCUT2D eigenvalue weighted by Crippen LogP contribution is -2.48. The van der Waals surface area contributed by atoms with E-state index in [1.807, 2.05) is 0 Å². The number of aliphatic hydroxyl groups is 1. The van der Waals surface area contributed by atoms with E-state index in [1.54, 1.807) is 0 Å². The Balaban J connectivity index is 2.10. The topological polar surface area (TPSA) is 68.0 Å². The SMILES string of the molecule is CCCCOCC(O)CN1CCOC(CN)C1. The number of aliphatic hydroxyl groups excluding tert-OH is 1. The minimum atomic E-state index is -0.414. The molecule has 0 radical (unpaired) electrons. The predicted octanol–water partition coefficient (Wildman–Crippen LogP) is -0.176. The quantitative estimate of drug-likeness (QED) is 0.582. The molecule has 1 fully saturated rings. The van der Waals surface area contributed by atoms with Crippen molar-refractivity contribution in [1.29, 1.82) is 0 Å². The third kappa shape index (κ3) is 6.33. The molecule has 3 N–H and O–H groups in total. The molecule has 1 rings (SSSR count). The highest BCUT2D eigenvalue weighted by Gasteiger charge is 2.21. The molecule has 0 aromatic heterocycles. The lowest BCUT2D eigenvalue weighted by Gasteiger charge is -2.33. The van der Waals surface area contributed by atoms with Crippen LogP contribution in [0.4, 0.5) is 0 Å². The molecule has 2 atom stereocenters. The van der Waals surface area contributed by atoms with Gasteiger partial charge in [0, 0.05) is 32.8 Å². The van der Waals surface area contributed by atoms with Crippen molar-refractivity contribution in [2.45, 2.75) is 32.0 Å². The second kappa shape index (κ2) is 8.83. The van der Waals surface area contributed by atoms with Crippen molar-refractivity contribution in [2.24, 2.45) is 5.73 Å². The molecule has 0 amide bonds. The first-order valence-corrected chi connectivity index (χ1v) is 6.56. The first kappa shape index (κ1) is 14.9. The van der Waals surface area contributed by atoms with Gasteiger partial charge < -0.3 is 20.3 Å². The average molecular weight is 246 g/mol. The maximum absolute atomic E-state index is 9.82. The molecule has 1 saturated heterocycles. The molecule has 0 aromatic rings. The van der Waals surface area contributed by atoms with Crippen molar-refractivity contribution in [3.05, 3.63) is 0 Å². The highest BCUT2D eigenvalue weighted by Crippen LogP contribution is 2.05. The van der Waals surface area contributed by atoms with Gasteiger partial charge in [-0.25, -0.2) is 0 Å². The molecular formula is C12H26N2O3. The minimum Gasteiger partial charge on any atom is -0.389 e. The molecule has 0 bridgehead atoms. The van der Waals surface area contributed by atoms with E-state index in [9.17, 15) is 5.11 Å². The van der Waals surface area contributed by atoms with Gasteiger partial charge in [-0.1, -0.05) is 13.3 Å². The van der Waals surface area contributed by atoms with Crippen LogP contribution in [0.15, 0.2) is 0 Å². The number of β-amino-alcohol motifs (C(OH)–C–C–N with tert-alkyl or cyclic N) is 1. The molecule has 5 nitrogen and oxygen atoms in total. The average Bonchev–Trinajstić information content (AvgIpc) is 2.35. The van der Waals surface area contributed by atoms with Gasteiger partial charge in [-0.05, 0) is 6.42 Å². The first-order chi connectivity index (χ1) is 8.26. The van der Waals surface area contributed by atoms with Crippen LogP contribution in [-0.4, -0.2) is 68.2 Å². The summed E-state index contributed by atoms with van der Waals surface area (Å²) in [5.74, 6) is 0. The summed E-state index contributed by atoms with van der Waals surface area (Å²) in [6, 6.07) is 0. The normalized spacial score (nSPS) is 23.8. The number of hydrogen-bond acceptors (Lipinski definition) is 5. The van der Waals surface area contributed by atoms with Gasteiger partial charge in [0.05, 0.1) is 25.4 Å². The summed E-state index contributed by atoms with van der Waals surface area (Å²) in [5.41, 5.74) is 5.57. The van der Waals surface area contributed by atoms with Gasteiger partial charge >= 0.3 is 0 Å². The van der Waals surface area contributed by atoms with Gasteiger partial charge in [0.25, 0.3) is 0 Å². The number of rotatable bonds is 8. The van der Waals surface area contributed by atoms with Crippen LogP contribution >= 0.6 is 0 Å². The standard InChI is InChI=1S/C12H26N2O3/c1-2-3-5-16-10-11(15)8-14-4-6-17-12(7-13)9-14/h11-12,15H,2-10,13H2,1H3. The maximum Gasteiger partial charge on any atom is 0.0900 e. The number of ether oxygens (including phenoxy) is 2. The Morgan fingerprint density at radius 1 is 1.59 bits per heavy atom. The third-order valence-corrected chi connectivity index (χ3v) is 2.91. The fourth-order valence-electron chi connectivity index (χ4n) is 1.91. The van der Waals surface area contributed by atoms with Gasteiger partial charge in [0.2, 0.25) is 0 Å². The zero-order chi connectivity index (χ0) is 12.5. The second-order valence-electron chi connectivity index (χ2n) is 4.57. The predicted molar refractivity (Wildman–Crippen MR) is 67.0 cm³/mol. The Hall–Kier alpha value is -0.200. The van der Waals surface area contributed by atoms with Crippen molar-refractivity contribution in [2.75, 3.05) is 46.0 Å². The summed E-state index contributed by atoms with van der Waals surface area (Å²) in [6.07, 6.45) is 1.87. The second-order valence-corrected chi connectivity index (χ2v) is 4.57. The van der Waals surface area contributed by atoms with Crippen LogP contribution in [0, 0.1) is 0 Å². The molecular weight excluding hydrogens is 220 g/mol. The molecule has 2 unspecified atom stereocenters. The molecule has 0 saturated carbocycles. The minimum absolute atomic E-state index is 0.108. The Morgan fingerprint density at radius 3 is 3.12 bits per heavy atom. The van der Waals surface area contributed by atoms with Gasteiger partial charge in [0.15, 0.2) is 0 Å². The summed E-state index contributed by atoms with van der Waals surface area (Å²) in [5, 5.41) is 9.82. The van der Waals surface area contributed by atoms with Gasteiger partial charge in [-0.15, -0.1) is 0 Å². The molecule has 5 heteroatoms. The lowest BCUT2D eigenvalue weighted by molar-refractivity contribution is -0.0473. The van der Waals surface area contributed by atoms with Crippen molar-refractivity contribution in [3.63, 3.8) is 0 Å². The van der Waals surface area contributed by atoms with Crippen molar-refractivity contribution >= 4 is 0 Å². The van der Waals surface area contributed by atoms with Crippen LogP contribution < -0.4 is 5.73 Å². The Labute approximate surface area is 104 Å². The number of hydrogen-bond donors (Lipinski definition) is 2. The molecule has 1 heterocycles. The van der Waals surface area contributed by atoms with Gasteiger partial charge in [-0.2, -0.15) is 0 Å². The van der Waals surface area contributed by atoms with Crippen molar-refractivity contribution in [3.8, 4) is 0 Å². The fourth-order valence-corrected chi connectivity index (χ4v) is 1.91. The zero-order valence-corrected chi connectivity index (χ0v) is 10.8. The zero-order valence-electron chi connectivity index (χ0n) is 10.8. The monoisotopic (exact) mass is 246 g/mol. The highest BCUT2D eigenvalue weighted by atomic mass is 16.5. The summed E-state index contributed by atoms with van der Waals surface area (Å²) in [7, 11) is 0. The van der Waals surface area contributed by atoms with E-state index in [4.69, 9.17) is 15.2 Å². The van der Waals surface area contributed by atoms with Crippen LogP contribution in [0.2, 0.25) is 0 Å². The number of morpholine rings is 1. The van der Waals surface area contributed by atoms with Crippen molar-refractivity contribution in [1.82, 2.24) is 4.90 Å². The smallest absolute Gasteiger partial charge is 0.0900 e. The Kier molecular flexibility index (Phi) is 7.72. The summed E-state index contributed by atoms with van der Waals surface area (Å²) in [4.78, 5) is 2.19. The van der Waals surface area contributed by atoms with Crippen LogP contribution in [0.3, 0.4) is 0 Å². The molecule has 0 spiro atoms. The molecule has 102 valence electrons. The van der Waals surface area contributed by atoms with E-state index in [1.165, 1.54) is 0 Å². The first-order valence-electron chi connectivity index (χ1n) is 6.56. The summed E-state index contributed by atoms with van der Waals surface area (Å²) < 4.78 is 10.9. The van der Waals surface area contributed by atoms with E-state index < -0.39 is 6.10 Å². The Bertz CT molecular complexity index is 193. The van der Waals surface area contributed by atoms with E-state index in [0.717, 1.165) is 32.5 Å². The Morgan fingerprint density at radius 2 is 2.41 bits per heavy atom. The van der Waals surface area contributed by atoms with E-state index in [2.05, 4.69) is 11.8 Å². The van der Waals surface area contributed by atoms with Crippen LogP contribution in [-0.2, 0) is 9.47 Å². The molecule has 1 aliphatic rings. The molecule has 0 aliphatic carbocycles. The highest BCUT2D eigenvalue weighted by molar-refractivity contribution is 4.74. The largest absolute Gasteiger partial charge is 0.389 e. The molecule has 0 aromatic carbocycles. The third-order valence-electron chi connectivity index (χ3n) is 2.91.